The Morgan fingerprint density at radius 3 is 2.89 bits per heavy atom. The number of fused-ring (bicyclic) bond motifs is 1. The molecule has 0 fully saturated rings. The normalized spacial score (nSPS) is 10.8. The van der Waals surface area contributed by atoms with Gasteiger partial charge in [-0.25, -0.2) is 4.98 Å². The Kier molecular flexibility index (Phi) is 2.52. The predicted molar refractivity (Wildman–Crippen MR) is 70.8 cm³/mol. The molecular formula is C14H11N3O2. The minimum atomic E-state index is -0.291. The van der Waals surface area contributed by atoms with E-state index in [1.165, 1.54) is 6.20 Å². The number of nitrogens with zero attached hydrogens (tertiary/aromatic N) is 2. The summed E-state index contributed by atoms with van der Waals surface area (Å²) in [5.74, 6) is -0.178. The van der Waals surface area contributed by atoms with Gasteiger partial charge in [0.1, 0.15) is 0 Å². The Labute approximate surface area is 109 Å². The van der Waals surface area contributed by atoms with Crippen LogP contribution in [0, 0.1) is 6.92 Å². The molecule has 0 unspecified atom stereocenters. The van der Waals surface area contributed by atoms with Crippen LogP contribution in [-0.2, 0) is 0 Å². The van der Waals surface area contributed by atoms with Crippen molar-refractivity contribution in [1.82, 2.24) is 9.97 Å². The lowest BCUT2D eigenvalue weighted by atomic mass is 10.1. The fourth-order valence-corrected chi connectivity index (χ4v) is 1.89. The first kappa shape index (κ1) is 11.4. The number of ketones is 1. The Morgan fingerprint density at radius 2 is 2.16 bits per heavy atom. The summed E-state index contributed by atoms with van der Waals surface area (Å²) in [4.78, 5) is 20.4. The summed E-state index contributed by atoms with van der Waals surface area (Å²) >= 11 is 0. The maximum absolute atomic E-state index is 12.3. The lowest BCUT2D eigenvalue weighted by Crippen LogP contribution is -2.03. The van der Waals surface area contributed by atoms with Crippen LogP contribution in [0.15, 0.2) is 41.1 Å². The van der Waals surface area contributed by atoms with Crippen molar-refractivity contribution in [2.24, 2.45) is 0 Å². The largest absolute Gasteiger partial charge is 0.432 e. The third-order valence-corrected chi connectivity index (χ3v) is 2.86. The molecule has 0 bridgehead atoms. The van der Waals surface area contributed by atoms with E-state index in [0.29, 0.717) is 22.4 Å². The van der Waals surface area contributed by atoms with Crippen LogP contribution in [0.3, 0.4) is 0 Å². The molecule has 5 nitrogen and oxygen atoms in total. The molecule has 5 heteroatoms. The Hall–Kier alpha value is -2.69. The molecule has 2 N–H and O–H groups in total. The predicted octanol–water partition coefficient (Wildman–Crippen LogP) is 2.34. The Balaban J connectivity index is 2.16. The Bertz CT molecular complexity index is 763. The van der Waals surface area contributed by atoms with Gasteiger partial charge < -0.3 is 10.2 Å². The van der Waals surface area contributed by atoms with Crippen LogP contribution >= 0.6 is 0 Å². The molecule has 0 aliphatic carbocycles. The van der Waals surface area contributed by atoms with E-state index in [-0.39, 0.29) is 11.5 Å². The first-order valence-electron chi connectivity index (χ1n) is 5.77. The number of carbonyl (C=O) groups excluding carboxylic acids is 1. The van der Waals surface area contributed by atoms with Crippen LogP contribution < -0.4 is 5.73 Å². The zero-order valence-electron chi connectivity index (χ0n) is 10.3. The maximum Gasteiger partial charge on any atom is 0.232 e. The summed E-state index contributed by atoms with van der Waals surface area (Å²) in [7, 11) is 0. The fraction of sp³-hybridized carbons (Fsp3) is 0.0714. The zero-order valence-corrected chi connectivity index (χ0v) is 10.3. The van der Waals surface area contributed by atoms with E-state index in [4.69, 9.17) is 10.2 Å². The summed E-state index contributed by atoms with van der Waals surface area (Å²) in [6.07, 6.45) is 3.08. The number of aryl methyl sites for hydroxylation is 1. The lowest BCUT2D eigenvalue weighted by Gasteiger charge is -1.97. The molecule has 0 saturated carbocycles. The van der Waals surface area contributed by atoms with Crippen LogP contribution in [0.5, 0.6) is 0 Å². The second-order valence-corrected chi connectivity index (χ2v) is 4.22. The van der Waals surface area contributed by atoms with Gasteiger partial charge in [0, 0.05) is 23.7 Å². The zero-order chi connectivity index (χ0) is 13.4. The van der Waals surface area contributed by atoms with Gasteiger partial charge in [-0.2, -0.15) is 0 Å². The molecule has 0 aliphatic rings. The first-order chi connectivity index (χ1) is 9.16. The number of furan rings is 1. The Morgan fingerprint density at radius 1 is 1.32 bits per heavy atom. The molecule has 0 radical (unpaired) electrons. The van der Waals surface area contributed by atoms with Gasteiger partial charge in [-0.3, -0.25) is 9.78 Å². The van der Waals surface area contributed by atoms with E-state index in [1.54, 1.807) is 24.4 Å². The van der Waals surface area contributed by atoms with Crippen molar-refractivity contribution in [3.05, 3.63) is 53.7 Å². The molecular weight excluding hydrogens is 242 g/mol. The molecule has 0 atom stereocenters. The molecule has 3 aromatic heterocycles. The van der Waals surface area contributed by atoms with E-state index in [9.17, 15) is 4.79 Å². The highest BCUT2D eigenvalue weighted by Crippen LogP contribution is 2.28. The van der Waals surface area contributed by atoms with Crippen LogP contribution in [-0.4, -0.2) is 15.8 Å². The number of rotatable bonds is 2. The number of pyridine rings is 2. The van der Waals surface area contributed by atoms with Gasteiger partial charge in [-0.05, 0) is 31.2 Å². The number of carbonyl (C=O) groups is 1. The van der Waals surface area contributed by atoms with Crippen LogP contribution in [0.1, 0.15) is 21.8 Å². The molecule has 3 aromatic rings. The van der Waals surface area contributed by atoms with Gasteiger partial charge in [0.25, 0.3) is 0 Å². The van der Waals surface area contributed by atoms with E-state index in [2.05, 4.69) is 9.97 Å². The van der Waals surface area contributed by atoms with Gasteiger partial charge in [-0.15, -0.1) is 0 Å². The molecule has 3 rings (SSSR count). The average Bonchev–Trinajstić information content (AvgIpc) is 2.75. The quantitative estimate of drug-likeness (QED) is 0.709. The molecule has 0 aliphatic heterocycles. The van der Waals surface area contributed by atoms with Crippen LogP contribution in [0.4, 0.5) is 5.69 Å². The van der Waals surface area contributed by atoms with Gasteiger partial charge in [-0.1, -0.05) is 0 Å². The standard InChI is InChI=1S/C14H11N3O2/c1-8-4-5-10-11(15)13(19-14(10)17-8)12(18)9-3-2-6-16-7-9/h2-7H,15H2,1H3. The fourth-order valence-electron chi connectivity index (χ4n) is 1.89. The van der Waals surface area contributed by atoms with Crippen molar-refractivity contribution in [3.8, 4) is 0 Å². The highest BCUT2D eigenvalue weighted by molar-refractivity contribution is 6.13. The minimum absolute atomic E-state index is 0.112. The number of nitrogens with two attached hydrogens (primary N) is 1. The number of aromatic nitrogens is 2. The molecule has 0 saturated heterocycles. The summed E-state index contributed by atoms with van der Waals surface area (Å²) < 4.78 is 5.48. The van der Waals surface area contributed by atoms with Crippen molar-refractivity contribution in [2.45, 2.75) is 6.92 Å². The SMILES string of the molecule is Cc1ccc2c(N)c(C(=O)c3cccnc3)oc2n1. The molecule has 0 amide bonds. The summed E-state index contributed by atoms with van der Waals surface area (Å²) in [6, 6.07) is 6.98. The smallest absolute Gasteiger partial charge is 0.232 e. The summed E-state index contributed by atoms with van der Waals surface area (Å²) in [5.41, 5.74) is 7.89. The number of nitrogen functional groups attached to an aromatic ring is 1. The third-order valence-electron chi connectivity index (χ3n) is 2.86. The van der Waals surface area contributed by atoms with Crippen molar-refractivity contribution in [1.29, 1.82) is 0 Å². The number of hydrogen-bond acceptors (Lipinski definition) is 5. The lowest BCUT2D eigenvalue weighted by molar-refractivity contribution is 0.101. The van der Waals surface area contributed by atoms with Gasteiger partial charge in [0.05, 0.1) is 11.1 Å². The summed E-state index contributed by atoms with van der Waals surface area (Å²) in [6.45, 7) is 1.85. The maximum atomic E-state index is 12.3. The third kappa shape index (κ3) is 1.85. The van der Waals surface area contributed by atoms with Crippen molar-refractivity contribution in [2.75, 3.05) is 5.73 Å². The molecule has 0 aromatic carbocycles. The van der Waals surface area contributed by atoms with Crippen molar-refractivity contribution < 1.29 is 9.21 Å². The van der Waals surface area contributed by atoms with Gasteiger partial charge in [0.15, 0.2) is 0 Å². The topological polar surface area (TPSA) is 82.0 Å². The monoisotopic (exact) mass is 253 g/mol. The molecule has 19 heavy (non-hydrogen) atoms. The molecule has 3 heterocycles. The highest BCUT2D eigenvalue weighted by atomic mass is 16.4. The van der Waals surface area contributed by atoms with E-state index < -0.39 is 0 Å². The highest BCUT2D eigenvalue weighted by Gasteiger charge is 2.20. The number of anilines is 1. The van der Waals surface area contributed by atoms with Crippen LogP contribution in [0.2, 0.25) is 0 Å². The number of hydrogen-bond donors (Lipinski definition) is 1. The van der Waals surface area contributed by atoms with E-state index >= 15 is 0 Å². The van der Waals surface area contributed by atoms with E-state index in [0.717, 1.165) is 5.69 Å². The van der Waals surface area contributed by atoms with E-state index in [1.807, 2.05) is 13.0 Å². The second-order valence-electron chi connectivity index (χ2n) is 4.22. The van der Waals surface area contributed by atoms with Crippen molar-refractivity contribution >= 4 is 22.6 Å². The minimum Gasteiger partial charge on any atom is -0.432 e. The first-order valence-corrected chi connectivity index (χ1v) is 5.77. The summed E-state index contributed by atoms with van der Waals surface area (Å²) in [5, 5.41) is 0.651. The van der Waals surface area contributed by atoms with Crippen LogP contribution in [0.25, 0.3) is 11.1 Å². The molecule has 94 valence electrons. The van der Waals surface area contributed by atoms with Gasteiger partial charge >= 0.3 is 0 Å². The molecule has 0 spiro atoms. The second kappa shape index (κ2) is 4.20. The average molecular weight is 253 g/mol. The van der Waals surface area contributed by atoms with Gasteiger partial charge in [0.2, 0.25) is 17.3 Å². The van der Waals surface area contributed by atoms with Crippen molar-refractivity contribution in [3.63, 3.8) is 0 Å².